The monoisotopic (exact) mass is 269 g/mol. The van der Waals surface area contributed by atoms with Gasteiger partial charge in [0.15, 0.2) is 0 Å². The van der Waals surface area contributed by atoms with Crippen LogP contribution in [0.2, 0.25) is 0 Å². The molecule has 1 aliphatic rings. The fourth-order valence-electron chi connectivity index (χ4n) is 2.47. The van der Waals surface area contributed by atoms with Gasteiger partial charge in [0.25, 0.3) is 0 Å². The number of nitrogens with two attached hydrogens (primary N) is 1. The van der Waals surface area contributed by atoms with Gasteiger partial charge in [-0.25, -0.2) is 0 Å². The van der Waals surface area contributed by atoms with Gasteiger partial charge in [0.2, 0.25) is 0 Å². The normalized spacial score (nSPS) is 18.1. The molecule has 104 valence electrons. The van der Waals surface area contributed by atoms with Crippen molar-refractivity contribution in [3.63, 3.8) is 0 Å². The van der Waals surface area contributed by atoms with Gasteiger partial charge >= 0.3 is 0 Å². The van der Waals surface area contributed by atoms with Gasteiger partial charge in [0.05, 0.1) is 6.20 Å². The molecule has 4 heteroatoms. The first-order valence-corrected chi connectivity index (χ1v) is 6.98. The van der Waals surface area contributed by atoms with Crippen LogP contribution in [0.15, 0.2) is 42.7 Å². The van der Waals surface area contributed by atoms with Crippen LogP contribution >= 0.6 is 0 Å². The summed E-state index contributed by atoms with van der Waals surface area (Å²) in [6.07, 6.45) is 6.00. The molecule has 1 aromatic carbocycles. The fraction of sp³-hybridized carbons (Fsp3) is 0.312. The van der Waals surface area contributed by atoms with Crippen molar-refractivity contribution in [2.45, 2.75) is 18.9 Å². The molecule has 0 aliphatic carbocycles. The summed E-state index contributed by atoms with van der Waals surface area (Å²) in [6, 6.07) is 10.3. The number of ether oxygens (including phenoxy) is 1. The first-order chi connectivity index (χ1) is 9.81. The number of rotatable bonds is 4. The molecule has 0 bridgehead atoms. The molecule has 1 fully saturated rings. The molecule has 3 rings (SSSR count). The summed E-state index contributed by atoms with van der Waals surface area (Å²) < 4.78 is 5.83. The molecule has 1 aliphatic heterocycles. The maximum Gasteiger partial charge on any atom is 0.138 e. The molecule has 4 nitrogen and oxygen atoms in total. The second kappa shape index (κ2) is 5.92. The van der Waals surface area contributed by atoms with E-state index < -0.39 is 0 Å². The Kier molecular flexibility index (Phi) is 3.83. The van der Waals surface area contributed by atoms with Crippen LogP contribution < -0.4 is 15.8 Å². The van der Waals surface area contributed by atoms with Crippen LogP contribution in [0.3, 0.4) is 0 Å². The zero-order chi connectivity index (χ0) is 13.8. The Labute approximate surface area is 119 Å². The van der Waals surface area contributed by atoms with E-state index in [9.17, 15) is 0 Å². The minimum absolute atomic E-state index is 0.464. The third kappa shape index (κ3) is 3.08. The number of aromatic nitrogens is 1. The predicted octanol–water partition coefficient (Wildman–Crippen LogP) is 2.46. The van der Waals surface area contributed by atoms with Crippen molar-refractivity contribution in [3.05, 3.63) is 42.7 Å². The van der Waals surface area contributed by atoms with Crippen LogP contribution in [-0.2, 0) is 0 Å². The van der Waals surface area contributed by atoms with Crippen LogP contribution in [0.5, 0.6) is 5.75 Å². The molecule has 2 aromatic rings. The van der Waals surface area contributed by atoms with Crippen molar-refractivity contribution >= 4 is 5.69 Å². The molecule has 0 saturated carbocycles. The van der Waals surface area contributed by atoms with Crippen molar-refractivity contribution in [1.29, 1.82) is 0 Å². The zero-order valence-corrected chi connectivity index (χ0v) is 11.4. The maximum atomic E-state index is 5.83. The molecule has 20 heavy (non-hydrogen) atoms. The smallest absolute Gasteiger partial charge is 0.138 e. The summed E-state index contributed by atoms with van der Waals surface area (Å²) in [5.41, 5.74) is 8.65. The molecule has 1 unspecified atom stereocenters. The first kappa shape index (κ1) is 12.9. The van der Waals surface area contributed by atoms with Gasteiger partial charge in [-0.15, -0.1) is 0 Å². The van der Waals surface area contributed by atoms with Gasteiger partial charge in [-0.3, -0.25) is 4.98 Å². The summed E-state index contributed by atoms with van der Waals surface area (Å²) in [5, 5.41) is 3.42. The van der Waals surface area contributed by atoms with E-state index >= 15 is 0 Å². The zero-order valence-electron chi connectivity index (χ0n) is 11.4. The molecule has 1 aromatic heterocycles. The molecule has 2 heterocycles. The predicted molar refractivity (Wildman–Crippen MR) is 80.6 cm³/mol. The minimum Gasteiger partial charge on any atom is -0.490 e. The number of hydrogen-bond donors (Lipinski definition) is 2. The Morgan fingerprint density at radius 1 is 1.25 bits per heavy atom. The van der Waals surface area contributed by atoms with E-state index in [1.54, 1.807) is 6.20 Å². The van der Waals surface area contributed by atoms with Crippen molar-refractivity contribution < 1.29 is 4.74 Å². The Morgan fingerprint density at radius 2 is 2.20 bits per heavy atom. The SMILES string of the molecule is Nc1cccc(-c2cncc(OCC3CCCN3)c2)c1. The topological polar surface area (TPSA) is 60.2 Å². The lowest BCUT2D eigenvalue weighted by Gasteiger charge is -2.12. The van der Waals surface area contributed by atoms with Crippen molar-refractivity contribution in [3.8, 4) is 16.9 Å². The van der Waals surface area contributed by atoms with Crippen LogP contribution in [0.4, 0.5) is 5.69 Å². The second-order valence-corrected chi connectivity index (χ2v) is 5.14. The summed E-state index contributed by atoms with van der Waals surface area (Å²) in [5.74, 6) is 0.804. The van der Waals surface area contributed by atoms with Crippen molar-refractivity contribution in [1.82, 2.24) is 10.3 Å². The molecule has 0 spiro atoms. The van der Waals surface area contributed by atoms with Gasteiger partial charge < -0.3 is 15.8 Å². The third-order valence-electron chi connectivity index (χ3n) is 3.55. The Morgan fingerprint density at radius 3 is 3.00 bits per heavy atom. The quantitative estimate of drug-likeness (QED) is 0.837. The van der Waals surface area contributed by atoms with Crippen LogP contribution in [0.25, 0.3) is 11.1 Å². The summed E-state index contributed by atoms with van der Waals surface area (Å²) >= 11 is 0. The summed E-state index contributed by atoms with van der Waals surface area (Å²) in [4.78, 5) is 4.25. The fourth-order valence-corrected chi connectivity index (χ4v) is 2.47. The highest BCUT2D eigenvalue weighted by Crippen LogP contribution is 2.24. The number of hydrogen-bond acceptors (Lipinski definition) is 4. The largest absolute Gasteiger partial charge is 0.490 e. The van der Waals surface area contributed by atoms with Crippen molar-refractivity contribution in [2.75, 3.05) is 18.9 Å². The highest BCUT2D eigenvalue weighted by atomic mass is 16.5. The third-order valence-corrected chi connectivity index (χ3v) is 3.55. The second-order valence-electron chi connectivity index (χ2n) is 5.14. The van der Waals surface area contributed by atoms with Crippen LogP contribution in [-0.4, -0.2) is 24.2 Å². The molecule has 0 radical (unpaired) electrons. The molecule has 3 N–H and O–H groups in total. The maximum absolute atomic E-state index is 5.83. The lowest BCUT2D eigenvalue weighted by atomic mass is 10.1. The van der Waals surface area contributed by atoms with Crippen molar-refractivity contribution in [2.24, 2.45) is 0 Å². The van der Waals surface area contributed by atoms with E-state index in [4.69, 9.17) is 10.5 Å². The molecular weight excluding hydrogens is 250 g/mol. The number of anilines is 1. The number of nitrogens with zero attached hydrogens (tertiary/aromatic N) is 1. The highest BCUT2D eigenvalue weighted by Gasteiger charge is 2.14. The van der Waals surface area contributed by atoms with E-state index in [0.717, 1.165) is 29.1 Å². The minimum atomic E-state index is 0.464. The van der Waals surface area contributed by atoms with E-state index in [1.165, 1.54) is 12.8 Å². The van der Waals surface area contributed by atoms with Gasteiger partial charge in [-0.05, 0) is 43.1 Å². The Hall–Kier alpha value is -2.07. The van der Waals surface area contributed by atoms with E-state index in [0.29, 0.717) is 12.6 Å². The van der Waals surface area contributed by atoms with Gasteiger partial charge in [0, 0.05) is 23.5 Å². The van der Waals surface area contributed by atoms with Gasteiger partial charge in [-0.2, -0.15) is 0 Å². The lowest BCUT2D eigenvalue weighted by molar-refractivity contribution is 0.276. The van der Waals surface area contributed by atoms with E-state index in [-0.39, 0.29) is 0 Å². The number of pyridine rings is 1. The highest BCUT2D eigenvalue weighted by molar-refractivity contribution is 5.67. The summed E-state index contributed by atoms with van der Waals surface area (Å²) in [7, 11) is 0. The molecule has 0 amide bonds. The van der Waals surface area contributed by atoms with Crippen LogP contribution in [0, 0.1) is 0 Å². The van der Waals surface area contributed by atoms with Crippen LogP contribution in [0.1, 0.15) is 12.8 Å². The lowest BCUT2D eigenvalue weighted by Crippen LogP contribution is -2.28. The Balaban J connectivity index is 1.72. The van der Waals surface area contributed by atoms with E-state index in [2.05, 4.69) is 10.3 Å². The average Bonchev–Trinajstić information content (AvgIpc) is 2.99. The number of benzene rings is 1. The first-order valence-electron chi connectivity index (χ1n) is 6.98. The van der Waals surface area contributed by atoms with Gasteiger partial charge in [0.1, 0.15) is 12.4 Å². The molecular formula is C16H19N3O. The Bertz CT molecular complexity index is 579. The number of nitrogens with one attached hydrogen (secondary N) is 1. The molecule has 1 atom stereocenters. The standard InChI is InChI=1S/C16H19N3O/c17-14-4-1-3-12(7-14)13-8-16(10-18-9-13)20-11-15-5-2-6-19-15/h1,3-4,7-10,15,19H,2,5-6,11,17H2. The summed E-state index contributed by atoms with van der Waals surface area (Å²) in [6.45, 7) is 1.79. The van der Waals surface area contributed by atoms with E-state index in [1.807, 2.05) is 36.5 Å². The molecule has 1 saturated heterocycles. The van der Waals surface area contributed by atoms with Gasteiger partial charge in [-0.1, -0.05) is 12.1 Å². The average molecular weight is 269 g/mol. The number of nitrogen functional groups attached to an aromatic ring is 1.